The Kier molecular flexibility index (Phi) is 6.46. The first-order valence-corrected chi connectivity index (χ1v) is 10.8. The number of benzene rings is 2. The fourth-order valence-electron chi connectivity index (χ4n) is 4.62. The van der Waals surface area contributed by atoms with Gasteiger partial charge in [-0.25, -0.2) is 8.78 Å². The monoisotopic (exact) mass is 400 g/mol. The number of nitrogens with two attached hydrogens (primary N) is 1. The number of halogens is 2. The molecule has 156 valence electrons. The van der Waals surface area contributed by atoms with E-state index < -0.39 is 11.6 Å². The molecule has 0 bridgehead atoms. The molecule has 2 aliphatic rings. The van der Waals surface area contributed by atoms with E-state index in [0.717, 1.165) is 49.8 Å². The van der Waals surface area contributed by atoms with Crippen LogP contribution in [0.5, 0.6) is 5.75 Å². The van der Waals surface area contributed by atoms with Crippen molar-refractivity contribution in [3.05, 3.63) is 65.2 Å². The van der Waals surface area contributed by atoms with Crippen molar-refractivity contribution < 1.29 is 13.5 Å². The Morgan fingerprint density at radius 3 is 2.52 bits per heavy atom. The van der Waals surface area contributed by atoms with E-state index in [4.69, 9.17) is 10.5 Å². The first-order chi connectivity index (χ1) is 14.1. The maximum atomic E-state index is 14.5. The van der Waals surface area contributed by atoms with Gasteiger partial charge in [0.15, 0.2) is 11.6 Å². The second kappa shape index (κ2) is 9.23. The van der Waals surface area contributed by atoms with Gasteiger partial charge in [-0.1, -0.05) is 30.3 Å². The van der Waals surface area contributed by atoms with Crippen LogP contribution in [-0.4, -0.2) is 18.6 Å². The summed E-state index contributed by atoms with van der Waals surface area (Å²) in [5.74, 6) is -0.117. The highest BCUT2D eigenvalue weighted by Crippen LogP contribution is 2.47. The third-order valence-corrected chi connectivity index (χ3v) is 6.32. The van der Waals surface area contributed by atoms with Crippen LogP contribution in [0.3, 0.4) is 0 Å². The molecular formula is C24H30F2N2O. The molecule has 0 radical (unpaired) electrons. The molecule has 0 heterocycles. The molecule has 0 aromatic heterocycles. The van der Waals surface area contributed by atoms with Crippen LogP contribution in [0.2, 0.25) is 0 Å². The Labute approximate surface area is 171 Å². The fourth-order valence-corrected chi connectivity index (χ4v) is 4.62. The molecule has 2 aromatic rings. The van der Waals surface area contributed by atoms with Crippen LogP contribution in [0.4, 0.5) is 8.78 Å². The second-order valence-electron chi connectivity index (χ2n) is 8.49. The van der Waals surface area contributed by atoms with Crippen molar-refractivity contribution in [2.24, 2.45) is 11.7 Å². The molecule has 2 fully saturated rings. The van der Waals surface area contributed by atoms with E-state index in [2.05, 4.69) is 5.32 Å². The molecule has 29 heavy (non-hydrogen) atoms. The summed E-state index contributed by atoms with van der Waals surface area (Å²) >= 11 is 0. The van der Waals surface area contributed by atoms with Gasteiger partial charge in [0.05, 0.1) is 0 Å². The lowest BCUT2D eigenvalue weighted by Crippen LogP contribution is -2.35. The molecular weight excluding hydrogens is 370 g/mol. The van der Waals surface area contributed by atoms with E-state index in [1.807, 2.05) is 30.3 Å². The van der Waals surface area contributed by atoms with Gasteiger partial charge in [-0.05, 0) is 62.6 Å². The van der Waals surface area contributed by atoms with E-state index >= 15 is 0 Å². The molecule has 0 spiro atoms. The topological polar surface area (TPSA) is 47.3 Å². The zero-order chi connectivity index (χ0) is 20.2. The van der Waals surface area contributed by atoms with Crippen molar-refractivity contribution in [3.8, 4) is 5.75 Å². The minimum absolute atomic E-state index is 0.104. The van der Waals surface area contributed by atoms with Gasteiger partial charge in [0.1, 0.15) is 12.4 Å². The molecule has 3 N–H and O–H groups in total. The lowest BCUT2D eigenvalue weighted by molar-refractivity contribution is 0.278. The lowest BCUT2D eigenvalue weighted by atomic mass is 9.84. The number of ether oxygens (including phenoxy) is 1. The fraction of sp³-hybridized carbons (Fsp3) is 0.500. The van der Waals surface area contributed by atoms with Crippen LogP contribution in [0.1, 0.15) is 55.6 Å². The Balaban J connectivity index is 1.38. The van der Waals surface area contributed by atoms with Crippen molar-refractivity contribution in [1.29, 1.82) is 0 Å². The lowest BCUT2D eigenvalue weighted by Gasteiger charge is -2.29. The molecule has 2 aliphatic carbocycles. The maximum Gasteiger partial charge on any atom is 0.168 e. The van der Waals surface area contributed by atoms with Crippen LogP contribution < -0.4 is 15.8 Å². The van der Waals surface area contributed by atoms with Gasteiger partial charge >= 0.3 is 0 Å². The first-order valence-electron chi connectivity index (χ1n) is 10.8. The van der Waals surface area contributed by atoms with E-state index in [1.165, 1.54) is 18.9 Å². The van der Waals surface area contributed by atoms with Gasteiger partial charge < -0.3 is 15.8 Å². The van der Waals surface area contributed by atoms with Gasteiger partial charge in [0.2, 0.25) is 0 Å². The zero-order valence-corrected chi connectivity index (χ0v) is 16.7. The quantitative estimate of drug-likeness (QED) is 0.663. The smallest absolute Gasteiger partial charge is 0.168 e. The molecule has 0 amide bonds. The first kappa shape index (κ1) is 20.3. The molecule has 0 saturated heterocycles. The molecule has 5 heteroatoms. The summed E-state index contributed by atoms with van der Waals surface area (Å²) in [6.07, 6.45) is 6.75. The summed E-state index contributed by atoms with van der Waals surface area (Å²) in [7, 11) is 0. The minimum atomic E-state index is -0.621. The van der Waals surface area contributed by atoms with Crippen molar-refractivity contribution in [2.45, 2.75) is 63.1 Å². The molecule has 0 unspecified atom stereocenters. The highest BCUT2D eigenvalue weighted by molar-refractivity contribution is 5.42. The molecule has 2 aromatic carbocycles. The number of hydrogen-bond acceptors (Lipinski definition) is 3. The summed E-state index contributed by atoms with van der Waals surface area (Å²) in [5.41, 5.74) is 7.29. The van der Waals surface area contributed by atoms with Crippen molar-refractivity contribution in [1.82, 2.24) is 5.32 Å². The number of nitrogens with one attached hydrogen (secondary N) is 1. The van der Waals surface area contributed by atoms with E-state index in [0.29, 0.717) is 11.6 Å². The van der Waals surface area contributed by atoms with Crippen molar-refractivity contribution in [3.63, 3.8) is 0 Å². The second-order valence-corrected chi connectivity index (χ2v) is 8.49. The van der Waals surface area contributed by atoms with Crippen LogP contribution >= 0.6 is 0 Å². The van der Waals surface area contributed by atoms with Crippen LogP contribution in [0.15, 0.2) is 42.5 Å². The van der Waals surface area contributed by atoms with E-state index in [-0.39, 0.29) is 24.3 Å². The predicted octanol–water partition coefficient (Wildman–Crippen LogP) is 4.90. The average molecular weight is 401 g/mol. The predicted molar refractivity (Wildman–Crippen MR) is 111 cm³/mol. The number of hydrogen-bond donors (Lipinski definition) is 2. The van der Waals surface area contributed by atoms with Crippen LogP contribution in [0, 0.1) is 17.6 Å². The summed E-state index contributed by atoms with van der Waals surface area (Å²) in [6, 6.07) is 12.7. The molecule has 2 atom stereocenters. The SMILES string of the molecule is NCCC1CCC(N[C@@H]2C[C@H]2c2cc(F)cc(F)c2OCc2ccccc2)CC1. The van der Waals surface area contributed by atoms with Crippen molar-refractivity contribution in [2.75, 3.05) is 6.54 Å². The van der Waals surface area contributed by atoms with Gasteiger partial charge in [-0.2, -0.15) is 0 Å². The van der Waals surface area contributed by atoms with Crippen LogP contribution in [0.25, 0.3) is 0 Å². The number of rotatable bonds is 8. The zero-order valence-electron chi connectivity index (χ0n) is 16.7. The van der Waals surface area contributed by atoms with Crippen LogP contribution in [-0.2, 0) is 6.61 Å². The Hall–Kier alpha value is -1.98. The largest absolute Gasteiger partial charge is 0.486 e. The third kappa shape index (κ3) is 5.14. The van der Waals surface area contributed by atoms with Gasteiger partial charge in [-0.3, -0.25) is 0 Å². The maximum absolute atomic E-state index is 14.5. The highest BCUT2D eigenvalue weighted by Gasteiger charge is 2.42. The van der Waals surface area contributed by atoms with E-state index in [1.54, 1.807) is 0 Å². The molecule has 0 aliphatic heterocycles. The molecule has 3 nitrogen and oxygen atoms in total. The molecule has 4 rings (SSSR count). The summed E-state index contributed by atoms with van der Waals surface area (Å²) < 4.78 is 34.3. The molecule has 2 saturated carbocycles. The van der Waals surface area contributed by atoms with Gasteiger partial charge in [0.25, 0.3) is 0 Å². The average Bonchev–Trinajstić information content (AvgIpc) is 3.48. The summed E-state index contributed by atoms with van der Waals surface area (Å²) in [6.45, 7) is 1.04. The normalized spacial score (nSPS) is 26.3. The van der Waals surface area contributed by atoms with Gasteiger partial charge in [0, 0.05) is 29.6 Å². The Morgan fingerprint density at radius 2 is 1.79 bits per heavy atom. The Morgan fingerprint density at radius 1 is 1.03 bits per heavy atom. The van der Waals surface area contributed by atoms with Gasteiger partial charge in [-0.15, -0.1) is 0 Å². The highest BCUT2D eigenvalue weighted by atomic mass is 19.1. The van der Waals surface area contributed by atoms with Crippen molar-refractivity contribution >= 4 is 0 Å². The third-order valence-electron chi connectivity index (χ3n) is 6.32. The summed E-state index contributed by atoms with van der Waals surface area (Å²) in [5, 5.41) is 3.71. The standard InChI is InChI=1S/C24H30F2N2O/c25-18-12-21(24(22(26)13-18)29-15-17-4-2-1-3-5-17)20-14-23(20)28-19-8-6-16(7-9-19)10-11-27/h1-5,12-13,16,19-20,23,28H,6-11,14-15,27H2/t16?,19?,20-,23+/m0/s1. The Bertz CT molecular complexity index is 806. The minimum Gasteiger partial charge on any atom is -0.486 e. The summed E-state index contributed by atoms with van der Waals surface area (Å²) in [4.78, 5) is 0. The van der Waals surface area contributed by atoms with E-state index in [9.17, 15) is 8.78 Å².